The second kappa shape index (κ2) is 62.7. The molecule has 0 amide bonds. The van der Waals surface area contributed by atoms with Crippen LogP contribution in [0.4, 0.5) is 0 Å². The summed E-state index contributed by atoms with van der Waals surface area (Å²) in [5, 5.41) is 11.8. The summed E-state index contributed by atoms with van der Waals surface area (Å²) < 4.78 is 22.7. The molecule has 0 aromatic heterocycles. The van der Waals surface area contributed by atoms with E-state index in [1.54, 1.807) is 0 Å². The van der Waals surface area contributed by atoms with Gasteiger partial charge < -0.3 is 33.3 Å². The summed E-state index contributed by atoms with van der Waals surface area (Å²) in [5.74, 6) is -2.39. The van der Waals surface area contributed by atoms with Crippen LogP contribution in [0.15, 0.2) is 170 Å². The van der Waals surface area contributed by atoms with E-state index in [0.29, 0.717) is 23.9 Å². The van der Waals surface area contributed by atoms with Crippen molar-refractivity contribution < 1.29 is 42.9 Å². The molecule has 0 saturated carbocycles. The van der Waals surface area contributed by atoms with Crippen molar-refractivity contribution in [3.8, 4) is 0 Å². The van der Waals surface area contributed by atoms with E-state index in [4.69, 9.17) is 18.9 Å². The average Bonchev–Trinajstić information content (AvgIpc) is 3.46. The van der Waals surface area contributed by atoms with E-state index in [0.717, 1.165) is 116 Å². The van der Waals surface area contributed by atoms with Crippen LogP contribution in [0.2, 0.25) is 0 Å². The molecule has 0 spiro atoms. The molecule has 9 nitrogen and oxygen atoms in total. The maximum Gasteiger partial charge on any atom is 0.306 e. The molecule has 0 fully saturated rings. The van der Waals surface area contributed by atoms with E-state index >= 15 is 0 Å². The molecule has 0 aliphatic rings. The molecule has 466 valence electrons. The van der Waals surface area contributed by atoms with E-state index in [9.17, 15) is 19.5 Å². The lowest BCUT2D eigenvalue weighted by atomic mass is 10.0. The highest BCUT2D eigenvalue weighted by molar-refractivity contribution is 5.70. The van der Waals surface area contributed by atoms with Gasteiger partial charge in [-0.2, -0.15) is 0 Å². The van der Waals surface area contributed by atoms with Crippen LogP contribution >= 0.6 is 0 Å². The molecular weight excluding hydrogens is 1030 g/mol. The van der Waals surface area contributed by atoms with E-state index in [-0.39, 0.29) is 38.6 Å². The van der Waals surface area contributed by atoms with E-state index in [1.807, 2.05) is 21.1 Å². The SMILES string of the molecule is CC/C=C\C/C=C\C/C=C\C/C=C\C/C=C\C/C=C\C/C=C\C/C=C\C/C=C\CCCC(=O)OC(COC(=O)CCCCCCCCCCCCCCC/C=C\C/C=C\C/C=C\C/C=C\C/C=C\CC)COC(OCC[N+](C)(C)C)C(=O)[O-]. The fourth-order valence-corrected chi connectivity index (χ4v) is 8.09. The fourth-order valence-electron chi connectivity index (χ4n) is 8.09. The maximum absolute atomic E-state index is 12.9. The molecule has 0 rings (SSSR count). The summed E-state index contributed by atoms with van der Waals surface area (Å²) >= 11 is 0. The molecule has 2 atom stereocenters. The lowest BCUT2D eigenvalue weighted by Crippen LogP contribution is -2.44. The number of rotatable bonds is 57. The number of hydrogen-bond donors (Lipinski definition) is 0. The number of aliphatic carboxylic acids is 1. The zero-order valence-corrected chi connectivity index (χ0v) is 53.0. The normalized spacial score (nSPS) is 13.9. The predicted molar refractivity (Wildman–Crippen MR) is 351 cm³/mol. The van der Waals surface area contributed by atoms with Gasteiger partial charge in [0.15, 0.2) is 12.4 Å². The molecule has 0 aromatic rings. The van der Waals surface area contributed by atoms with E-state index in [2.05, 4.69) is 184 Å². The highest BCUT2D eigenvalue weighted by Crippen LogP contribution is 2.15. The van der Waals surface area contributed by atoms with Crippen LogP contribution in [-0.4, -0.2) is 82.3 Å². The van der Waals surface area contributed by atoms with Gasteiger partial charge in [-0.3, -0.25) is 9.59 Å². The Labute approximate surface area is 507 Å². The number of ether oxygens (including phenoxy) is 4. The minimum atomic E-state index is -1.65. The Bertz CT molecular complexity index is 1960. The van der Waals surface area contributed by atoms with Gasteiger partial charge in [0.05, 0.1) is 40.3 Å². The fraction of sp³-hybridized carbons (Fsp3) is 0.581. The lowest BCUT2D eigenvalue weighted by Gasteiger charge is -2.26. The molecule has 0 bridgehead atoms. The number of allylic oxidation sites excluding steroid dienone is 28. The topological polar surface area (TPSA) is 111 Å². The third-order valence-corrected chi connectivity index (χ3v) is 13.0. The molecule has 0 N–H and O–H groups in total. The van der Waals surface area contributed by atoms with Gasteiger partial charge in [-0.25, -0.2) is 0 Å². The minimum Gasteiger partial charge on any atom is -0.545 e. The van der Waals surface area contributed by atoms with Crippen LogP contribution in [0.1, 0.15) is 219 Å². The Morgan fingerprint density at radius 2 is 0.663 bits per heavy atom. The molecule has 0 aliphatic heterocycles. The molecule has 0 heterocycles. The van der Waals surface area contributed by atoms with Crippen molar-refractivity contribution in [1.82, 2.24) is 0 Å². The second-order valence-electron chi connectivity index (χ2n) is 21.9. The van der Waals surface area contributed by atoms with Crippen molar-refractivity contribution in [3.05, 3.63) is 170 Å². The van der Waals surface area contributed by atoms with Crippen LogP contribution in [0.25, 0.3) is 0 Å². The van der Waals surface area contributed by atoms with Crippen molar-refractivity contribution >= 4 is 17.9 Å². The van der Waals surface area contributed by atoms with Gasteiger partial charge >= 0.3 is 11.9 Å². The van der Waals surface area contributed by atoms with Gasteiger partial charge in [-0.1, -0.05) is 255 Å². The Balaban J connectivity index is 4.33. The van der Waals surface area contributed by atoms with Crippen molar-refractivity contribution in [2.75, 3.05) is 47.5 Å². The third kappa shape index (κ3) is 64.1. The Morgan fingerprint density at radius 3 is 1.00 bits per heavy atom. The van der Waals surface area contributed by atoms with Crippen molar-refractivity contribution in [2.45, 2.75) is 232 Å². The number of unbranched alkanes of at least 4 members (excludes halogenated alkanes) is 14. The highest BCUT2D eigenvalue weighted by atomic mass is 16.7. The monoisotopic (exact) mass is 1150 g/mol. The zero-order chi connectivity index (χ0) is 60.5. The number of quaternary nitrogens is 1. The number of carbonyl (C=O) groups excluding carboxylic acids is 3. The van der Waals surface area contributed by atoms with Crippen LogP contribution in [0.5, 0.6) is 0 Å². The maximum atomic E-state index is 12.9. The quantitative estimate of drug-likeness (QED) is 0.0195. The number of carboxylic acids is 1. The highest BCUT2D eigenvalue weighted by Gasteiger charge is 2.22. The van der Waals surface area contributed by atoms with E-state index < -0.39 is 24.3 Å². The summed E-state index contributed by atoms with van der Waals surface area (Å²) in [6.07, 6.45) is 91.4. The molecule has 0 aliphatic carbocycles. The zero-order valence-electron chi connectivity index (χ0n) is 53.0. The first-order valence-electron chi connectivity index (χ1n) is 32.3. The molecular formula is C74H117NO8. The van der Waals surface area contributed by atoms with Crippen LogP contribution in [0, 0.1) is 0 Å². The Hall–Kier alpha value is -5.35. The first-order chi connectivity index (χ1) is 40.6. The standard InChI is InChI=1S/C74H117NO8/c1-6-8-10-12-14-16-18-20-22-24-26-28-30-32-34-36-38-40-42-44-46-48-50-52-54-56-58-60-62-64-71(76)81-68-70(69-82-74(73(78)79)80-67-66-75(3,4)5)83-72(77)65-63-61-59-57-55-53-51-49-47-45-43-41-39-37-35-33-31-29-27-25-23-21-19-17-15-13-11-9-7-2/h8-11,14-17,20-23,26-29,32-35,39,41,45,47,51,53,57,59,70,74H,6-7,12-13,18-19,24-25,30-31,36-38,40,42-44,46,48-50,52,54-56,58,60-69H2,1-5H3/b10-8-,11-9-,16-14-,17-15-,22-20-,23-21-,28-26-,29-27-,34-32-,35-33-,41-39-,47-45-,53-51-,59-57-. The Kier molecular flexibility index (Phi) is 58.6. The van der Waals surface area contributed by atoms with Gasteiger partial charge in [-0.15, -0.1) is 0 Å². The lowest BCUT2D eigenvalue weighted by molar-refractivity contribution is -0.870. The largest absolute Gasteiger partial charge is 0.545 e. The van der Waals surface area contributed by atoms with Gasteiger partial charge in [0, 0.05) is 12.8 Å². The van der Waals surface area contributed by atoms with Gasteiger partial charge in [0.1, 0.15) is 13.2 Å². The summed E-state index contributed by atoms with van der Waals surface area (Å²) in [4.78, 5) is 37.4. The third-order valence-electron chi connectivity index (χ3n) is 13.0. The number of nitrogens with zero attached hydrogens (tertiary/aromatic N) is 1. The van der Waals surface area contributed by atoms with Crippen LogP contribution < -0.4 is 5.11 Å². The molecule has 0 saturated heterocycles. The number of hydrogen-bond acceptors (Lipinski definition) is 8. The average molecular weight is 1150 g/mol. The number of carboxylic acid groups (broad SMARTS) is 1. The smallest absolute Gasteiger partial charge is 0.306 e. The summed E-state index contributed by atoms with van der Waals surface area (Å²) in [7, 11) is 5.89. The summed E-state index contributed by atoms with van der Waals surface area (Å²) in [5.41, 5.74) is 0. The van der Waals surface area contributed by atoms with Gasteiger partial charge in [0.25, 0.3) is 0 Å². The first kappa shape index (κ1) is 77.7. The summed E-state index contributed by atoms with van der Waals surface area (Å²) in [6.45, 7) is 4.43. The van der Waals surface area contributed by atoms with Crippen molar-refractivity contribution in [3.63, 3.8) is 0 Å². The molecule has 9 heteroatoms. The van der Waals surface area contributed by atoms with Crippen molar-refractivity contribution in [1.29, 1.82) is 0 Å². The predicted octanol–water partition coefficient (Wildman–Crippen LogP) is 18.6. The van der Waals surface area contributed by atoms with Gasteiger partial charge in [0.2, 0.25) is 0 Å². The Morgan fingerprint density at radius 1 is 0.361 bits per heavy atom. The molecule has 0 radical (unpaired) electrons. The van der Waals surface area contributed by atoms with Crippen molar-refractivity contribution in [2.24, 2.45) is 0 Å². The number of carbonyl (C=O) groups is 3. The number of likely N-dealkylation sites (N-methyl/N-ethyl adjacent to an activating group) is 1. The van der Waals surface area contributed by atoms with Crippen LogP contribution in [0.3, 0.4) is 0 Å². The van der Waals surface area contributed by atoms with E-state index in [1.165, 1.54) is 64.2 Å². The minimum absolute atomic E-state index is 0.127. The summed E-state index contributed by atoms with van der Waals surface area (Å²) in [6, 6.07) is 0. The number of esters is 2. The molecule has 0 aromatic carbocycles. The van der Waals surface area contributed by atoms with Crippen LogP contribution in [-0.2, 0) is 33.3 Å². The second-order valence-corrected chi connectivity index (χ2v) is 21.9. The molecule has 83 heavy (non-hydrogen) atoms. The first-order valence-corrected chi connectivity index (χ1v) is 32.3. The molecule has 2 unspecified atom stereocenters. The van der Waals surface area contributed by atoms with Gasteiger partial charge in [-0.05, 0) is 122 Å².